The highest BCUT2D eigenvalue weighted by atomic mass is 16.5. The Labute approximate surface area is 122 Å². The Bertz CT molecular complexity index is 679. The van der Waals surface area contributed by atoms with Crippen molar-refractivity contribution >= 4 is 28.3 Å². The predicted molar refractivity (Wildman–Crippen MR) is 80.6 cm³/mol. The van der Waals surface area contributed by atoms with Crippen LogP contribution in [0.3, 0.4) is 0 Å². The lowest BCUT2D eigenvalue weighted by Crippen LogP contribution is -2.22. The first-order valence-electron chi connectivity index (χ1n) is 6.65. The third-order valence-corrected chi connectivity index (χ3v) is 2.94. The molecule has 2 N–H and O–H groups in total. The molecule has 0 unspecified atom stereocenters. The van der Waals surface area contributed by atoms with E-state index in [9.17, 15) is 14.7 Å². The van der Waals surface area contributed by atoms with Crippen molar-refractivity contribution < 1.29 is 19.4 Å². The quantitative estimate of drug-likeness (QED) is 0.886. The van der Waals surface area contributed by atoms with E-state index in [0.717, 1.165) is 10.8 Å². The summed E-state index contributed by atoms with van der Waals surface area (Å²) in [5.74, 6) is -1.46. The van der Waals surface area contributed by atoms with Crippen LogP contribution >= 0.6 is 0 Å². The maximum absolute atomic E-state index is 11.8. The lowest BCUT2D eigenvalue weighted by Gasteiger charge is -2.11. The van der Waals surface area contributed by atoms with Gasteiger partial charge in [-0.2, -0.15) is 0 Å². The summed E-state index contributed by atoms with van der Waals surface area (Å²) < 4.78 is 5.20. The Morgan fingerprint density at radius 1 is 1.19 bits per heavy atom. The van der Waals surface area contributed by atoms with Gasteiger partial charge in [-0.15, -0.1) is 0 Å². The van der Waals surface area contributed by atoms with E-state index in [1.807, 2.05) is 38.1 Å². The van der Waals surface area contributed by atoms with Crippen molar-refractivity contribution in [1.82, 2.24) is 0 Å². The zero-order valence-corrected chi connectivity index (χ0v) is 11.9. The number of rotatable bonds is 5. The van der Waals surface area contributed by atoms with E-state index in [4.69, 9.17) is 4.74 Å². The lowest BCUT2D eigenvalue weighted by atomic mass is 10.0. The second kappa shape index (κ2) is 6.37. The number of carbonyl (C=O) groups excluding carboxylic acids is 1. The van der Waals surface area contributed by atoms with Gasteiger partial charge in [0.25, 0.3) is 0 Å². The van der Waals surface area contributed by atoms with Gasteiger partial charge >= 0.3 is 5.97 Å². The van der Waals surface area contributed by atoms with Gasteiger partial charge in [0.15, 0.2) is 0 Å². The fourth-order valence-electron chi connectivity index (χ4n) is 1.95. The Hall–Kier alpha value is -2.40. The standard InChI is InChI=1S/C16H17NO4/c1-10(2)21-9-15(18)17-14-8-12-6-4-3-5-11(12)7-13(14)16(19)20/h3-8,10H,9H2,1-2H3,(H,17,18)(H,19,20). The fraction of sp³-hybridized carbons (Fsp3) is 0.250. The molecular formula is C16H17NO4. The van der Waals surface area contributed by atoms with Gasteiger partial charge in [0.2, 0.25) is 5.91 Å². The molecule has 0 fully saturated rings. The molecular weight excluding hydrogens is 270 g/mol. The molecule has 0 aliphatic heterocycles. The monoisotopic (exact) mass is 287 g/mol. The van der Waals surface area contributed by atoms with Gasteiger partial charge in [0.1, 0.15) is 6.61 Å². The molecule has 5 nitrogen and oxygen atoms in total. The van der Waals surface area contributed by atoms with E-state index in [0.29, 0.717) is 0 Å². The van der Waals surface area contributed by atoms with Crippen molar-refractivity contribution in [3.05, 3.63) is 42.0 Å². The number of aromatic carboxylic acids is 1. The van der Waals surface area contributed by atoms with E-state index in [1.54, 1.807) is 12.1 Å². The number of carbonyl (C=O) groups is 2. The highest BCUT2D eigenvalue weighted by Crippen LogP contribution is 2.24. The van der Waals surface area contributed by atoms with Crippen molar-refractivity contribution in [1.29, 1.82) is 0 Å². The molecule has 0 saturated carbocycles. The van der Waals surface area contributed by atoms with Crippen LogP contribution in [0.5, 0.6) is 0 Å². The number of amides is 1. The normalized spacial score (nSPS) is 10.8. The zero-order valence-electron chi connectivity index (χ0n) is 11.9. The molecule has 2 aromatic rings. The second-order valence-corrected chi connectivity index (χ2v) is 4.96. The zero-order chi connectivity index (χ0) is 15.4. The molecule has 0 bridgehead atoms. The maximum Gasteiger partial charge on any atom is 0.337 e. The minimum Gasteiger partial charge on any atom is -0.478 e. The molecule has 1 amide bonds. The Morgan fingerprint density at radius 2 is 1.81 bits per heavy atom. The molecule has 110 valence electrons. The molecule has 21 heavy (non-hydrogen) atoms. The van der Waals surface area contributed by atoms with Crippen molar-refractivity contribution in [3.63, 3.8) is 0 Å². The molecule has 0 aromatic heterocycles. The van der Waals surface area contributed by atoms with Crippen LogP contribution in [0.2, 0.25) is 0 Å². The van der Waals surface area contributed by atoms with Crippen LogP contribution in [0.25, 0.3) is 10.8 Å². The Kier molecular flexibility index (Phi) is 4.55. The van der Waals surface area contributed by atoms with Gasteiger partial charge in [-0.3, -0.25) is 4.79 Å². The molecule has 0 atom stereocenters. The lowest BCUT2D eigenvalue weighted by molar-refractivity contribution is -0.121. The Morgan fingerprint density at radius 3 is 2.38 bits per heavy atom. The third-order valence-electron chi connectivity index (χ3n) is 2.94. The number of hydrogen-bond donors (Lipinski definition) is 2. The van der Waals surface area contributed by atoms with Gasteiger partial charge in [-0.25, -0.2) is 4.79 Å². The van der Waals surface area contributed by atoms with Gasteiger partial charge in [0.05, 0.1) is 17.4 Å². The van der Waals surface area contributed by atoms with E-state index >= 15 is 0 Å². The SMILES string of the molecule is CC(C)OCC(=O)Nc1cc2ccccc2cc1C(=O)O. The van der Waals surface area contributed by atoms with Crippen LogP contribution in [0.4, 0.5) is 5.69 Å². The third kappa shape index (κ3) is 3.79. The molecule has 0 aliphatic carbocycles. The first-order valence-corrected chi connectivity index (χ1v) is 6.65. The van der Waals surface area contributed by atoms with Crippen LogP contribution in [-0.4, -0.2) is 29.7 Å². The molecule has 2 rings (SSSR count). The molecule has 0 spiro atoms. The maximum atomic E-state index is 11.8. The van der Waals surface area contributed by atoms with Crippen LogP contribution in [0.15, 0.2) is 36.4 Å². The van der Waals surface area contributed by atoms with Crippen LogP contribution < -0.4 is 5.32 Å². The Balaban J connectivity index is 2.30. The average Bonchev–Trinajstić information content (AvgIpc) is 2.44. The number of nitrogens with one attached hydrogen (secondary N) is 1. The van der Waals surface area contributed by atoms with Crippen LogP contribution in [0, 0.1) is 0 Å². The first kappa shape index (κ1) is 15.0. The van der Waals surface area contributed by atoms with E-state index in [1.165, 1.54) is 0 Å². The summed E-state index contributed by atoms with van der Waals surface area (Å²) in [5.41, 5.74) is 0.338. The summed E-state index contributed by atoms with van der Waals surface area (Å²) >= 11 is 0. The van der Waals surface area contributed by atoms with Crippen LogP contribution in [0.1, 0.15) is 24.2 Å². The average molecular weight is 287 g/mol. The van der Waals surface area contributed by atoms with E-state index in [2.05, 4.69) is 5.32 Å². The van der Waals surface area contributed by atoms with Gasteiger partial charge in [-0.05, 0) is 36.8 Å². The number of anilines is 1. The number of fused-ring (bicyclic) bond motifs is 1. The molecule has 0 saturated heterocycles. The predicted octanol–water partition coefficient (Wildman–Crippen LogP) is 2.90. The minimum absolute atomic E-state index is 0.0617. The van der Waals surface area contributed by atoms with Gasteiger partial charge < -0.3 is 15.2 Å². The van der Waals surface area contributed by atoms with E-state index in [-0.39, 0.29) is 29.9 Å². The van der Waals surface area contributed by atoms with Gasteiger partial charge in [0, 0.05) is 0 Å². The summed E-state index contributed by atoms with van der Waals surface area (Å²) in [6.45, 7) is 3.54. The number of ether oxygens (including phenoxy) is 1. The highest BCUT2D eigenvalue weighted by molar-refractivity contribution is 6.05. The molecule has 5 heteroatoms. The minimum atomic E-state index is -1.08. The molecule has 0 heterocycles. The van der Waals surface area contributed by atoms with Crippen molar-refractivity contribution in [2.45, 2.75) is 20.0 Å². The smallest absolute Gasteiger partial charge is 0.337 e. The van der Waals surface area contributed by atoms with Crippen molar-refractivity contribution in [2.75, 3.05) is 11.9 Å². The molecule has 0 aliphatic rings. The van der Waals surface area contributed by atoms with Gasteiger partial charge in [-0.1, -0.05) is 24.3 Å². The largest absolute Gasteiger partial charge is 0.478 e. The summed E-state index contributed by atoms with van der Waals surface area (Å²) in [6, 6.07) is 10.6. The summed E-state index contributed by atoms with van der Waals surface area (Å²) in [5, 5.41) is 13.5. The van der Waals surface area contributed by atoms with E-state index < -0.39 is 5.97 Å². The second-order valence-electron chi connectivity index (χ2n) is 4.96. The van der Waals surface area contributed by atoms with Crippen molar-refractivity contribution in [3.8, 4) is 0 Å². The first-order chi connectivity index (χ1) is 9.97. The highest BCUT2D eigenvalue weighted by Gasteiger charge is 2.14. The van der Waals surface area contributed by atoms with Crippen molar-refractivity contribution in [2.24, 2.45) is 0 Å². The topological polar surface area (TPSA) is 75.6 Å². The fourth-order valence-corrected chi connectivity index (χ4v) is 1.95. The molecule has 2 aromatic carbocycles. The van der Waals surface area contributed by atoms with Crippen LogP contribution in [-0.2, 0) is 9.53 Å². The number of carboxylic acid groups (broad SMARTS) is 1. The number of carboxylic acids is 1. The number of hydrogen-bond acceptors (Lipinski definition) is 3. The molecule has 0 radical (unpaired) electrons. The summed E-state index contributed by atoms with van der Waals surface area (Å²) in [7, 11) is 0. The summed E-state index contributed by atoms with van der Waals surface area (Å²) in [6.07, 6.45) is -0.0636. The number of benzene rings is 2. The summed E-state index contributed by atoms with van der Waals surface area (Å²) in [4.78, 5) is 23.1.